The lowest BCUT2D eigenvalue weighted by molar-refractivity contribution is 0.102. The van der Waals surface area contributed by atoms with Crippen molar-refractivity contribution in [2.45, 2.75) is 45.1 Å². The van der Waals surface area contributed by atoms with Gasteiger partial charge in [-0.3, -0.25) is 14.8 Å². The highest BCUT2D eigenvalue weighted by atomic mass is 32.1. The molecule has 0 atom stereocenters. The predicted octanol–water partition coefficient (Wildman–Crippen LogP) is 4.91. The topological polar surface area (TPSA) is 78.3 Å². The minimum atomic E-state index is -0.251. The second-order valence-electron chi connectivity index (χ2n) is 8.37. The maximum atomic E-state index is 12.9. The Morgan fingerprint density at radius 2 is 1.97 bits per heavy atom. The lowest BCUT2D eigenvalue weighted by Gasteiger charge is -2.22. The van der Waals surface area contributed by atoms with Gasteiger partial charge in [-0.2, -0.15) is 5.10 Å². The third-order valence-electron chi connectivity index (χ3n) is 5.01. The van der Waals surface area contributed by atoms with E-state index in [0.29, 0.717) is 33.9 Å². The number of carbonyl (C=O) groups is 1. The molecular weight excluding hydrogens is 400 g/mol. The van der Waals surface area contributed by atoms with Crippen LogP contribution in [0.15, 0.2) is 29.6 Å². The molecule has 1 saturated carbocycles. The third kappa shape index (κ3) is 4.05. The molecule has 4 rings (SSSR count). The van der Waals surface area contributed by atoms with E-state index in [1.54, 1.807) is 14.2 Å². The molecule has 7 nitrogen and oxygen atoms in total. The number of thiazole rings is 1. The van der Waals surface area contributed by atoms with Crippen LogP contribution in [0, 0.1) is 0 Å². The van der Waals surface area contributed by atoms with E-state index in [9.17, 15) is 4.79 Å². The number of hydrogen-bond donors (Lipinski definition) is 1. The van der Waals surface area contributed by atoms with Crippen LogP contribution >= 0.6 is 11.3 Å². The van der Waals surface area contributed by atoms with Gasteiger partial charge in [0.1, 0.15) is 11.5 Å². The molecule has 2 aromatic heterocycles. The Labute approximate surface area is 180 Å². The molecule has 1 aliphatic carbocycles. The standard InChI is InChI=1S/C22H26N4O3S/c1-22(2,3)26-18(13-6-7-13)11-16(25-26)20(27)24-21-23-17(12-30-21)15-10-14(28-4)8-9-19(15)29-5/h8-13H,6-7H2,1-5H3,(H,23,24,27). The molecule has 0 bridgehead atoms. The number of benzene rings is 1. The molecule has 158 valence electrons. The normalized spacial score (nSPS) is 13.9. The molecule has 1 fully saturated rings. The smallest absolute Gasteiger partial charge is 0.277 e. The number of nitrogens with zero attached hydrogens (tertiary/aromatic N) is 3. The third-order valence-corrected chi connectivity index (χ3v) is 5.77. The highest BCUT2D eigenvalue weighted by Crippen LogP contribution is 2.42. The van der Waals surface area contributed by atoms with Crippen LogP contribution in [0.2, 0.25) is 0 Å². The Balaban J connectivity index is 1.57. The summed E-state index contributed by atoms with van der Waals surface area (Å²) in [5.41, 5.74) is 2.90. The molecular formula is C22H26N4O3S. The first-order valence-electron chi connectivity index (χ1n) is 9.90. The van der Waals surface area contributed by atoms with Crippen LogP contribution in [0.5, 0.6) is 11.5 Å². The summed E-state index contributed by atoms with van der Waals surface area (Å²) < 4.78 is 12.7. The Morgan fingerprint density at radius 3 is 2.60 bits per heavy atom. The molecule has 0 saturated heterocycles. The van der Waals surface area contributed by atoms with E-state index in [1.165, 1.54) is 11.3 Å². The van der Waals surface area contributed by atoms with Crippen molar-refractivity contribution in [2.24, 2.45) is 0 Å². The number of ether oxygens (including phenoxy) is 2. The van der Waals surface area contributed by atoms with Crippen molar-refractivity contribution < 1.29 is 14.3 Å². The highest BCUT2D eigenvalue weighted by Gasteiger charge is 2.32. The molecule has 3 aromatic rings. The SMILES string of the molecule is COc1ccc(OC)c(-c2csc(NC(=O)c3cc(C4CC4)n(C(C)(C)C)n3)n2)c1. The van der Waals surface area contributed by atoms with Gasteiger partial charge in [0.2, 0.25) is 0 Å². The molecule has 1 amide bonds. The lowest BCUT2D eigenvalue weighted by Crippen LogP contribution is -2.25. The average molecular weight is 427 g/mol. The number of hydrogen-bond acceptors (Lipinski definition) is 6. The van der Waals surface area contributed by atoms with E-state index in [0.717, 1.165) is 24.1 Å². The number of nitrogens with one attached hydrogen (secondary N) is 1. The van der Waals surface area contributed by atoms with Gasteiger partial charge in [0.15, 0.2) is 10.8 Å². The van der Waals surface area contributed by atoms with Gasteiger partial charge in [0, 0.05) is 22.6 Å². The van der Waals surface area contributed by atoms with Gasteiger partial charge in [-0.05, 0) is 57.9 Å². The van der Waals surface area contributed by atoms with Gasteiger partial charge < -0.3 is 9.47 Å². The lowest BCUT2D eigenvalue weighted by atomic mass is 10.1. The first-order chi connectivity index (χ1) is 14.3. The molecule has 0 aliphatic heterocycles. The summed E-state index contributed by atoms with van der Waals surface area (Å²) in [5, 5.41) is 9.88. The summed E-state index contributed by atoms with van der Waals surface area (Å²) in [7, 11) is 3.23. The Kier molecular flexibility index (Phi) is 5.27. The van der Waals surface area contributed by atoms with E-state index >= 15 is 0 Å². The number of carbonyl (C=O) groups excluding carboxylic acids is 1. The van der Waals surface area contributed by atoms with Crippen molar-refractivity contribution in [2.75, 3.05) is 19.5 Å². The largest absolute Gasteiger partial charge is 0.497 e. The predicted molar refractivity (Wildman–Crippen MR) is 118 cm³/mol. The first kappa shape index (κ1) is 20.4. The maximum Gasteiger partial charge on any atom is 0.277 e. The van der Waals surface area contributed by atoms with Crippen LogP contribution in [0.4, 0.5) is 5.13 Å². The Hall–Kier alpha value is -2.87. The Morgan fingerprint density at radius 1 is 1.20 bits per heavy atom. The van der Waals surface area contributed by atoms with Gasteiger partial charge >= 0.3 is 0 Å². The van der Waals surface area contributed by atoms with Crippen molar-refractivity contribution in [1.82, 2.24) is 14.8 Å². The zero-order chi connectivity index (χ0) is 21.5. The van der Waals surface area contributed by atoms with E-state index in [4.69, 9.17) is 9.47 Å². The summed E-state index contributed by atoms with van der Waals surface area (Å²) in [6, 6.07) is 7.45. The van der Waals surface area contributed by atoms with Crippen LogP contribution in [0.25, 0.3) is 11.3 Å². The summed E-state index contributed by atoms with van der Waals surface area (Å²) in [4.78, 5) is 17.4. The van der Waals surface area contributed by atoms with E-state index in [-0.39, 0.29) is 11.4 Å². The number of aromatic nitrogens is 3. The van der Waals surface area contributed by atoms with Crippen molar-refractivity contribution in [3.63, 3.8) is 0 Å². The molecule has 0 spiro atoms. The minimum Gasteiger partial charge on any atom is -0.497 e. The fraction of sp³-hybridized carbons (Fsp3) is 0.409. The molecule has 0 unspecified atom stereocenters. The van der Waals surface area contributed by atoms with Crippen LogP contribution in [0.3, 0.4) is 0 Å². The number of anilines is 1. The van der Waals surface area contributed by atoms with Gasteiger partial charge in [-0.1, -0.05) is 0 Å². The van der Waals surface area contributed by atoms with E-state index < -0.39 is 0 Å². The molecule has 1 aromatic carbocycles. The summed E-state index contributed by atoms with van der Waals surface area (Å²) in [6.07, 6.45) is 2.31. The molecule has 30 heavy (non-hydrogen) atoms. The van der Waals surface area contributed by atoms with Gasteiger partial charge in [-0.15, -0.1) is 11.3 Å². The summed E-state index contributed by atoms with van der Waals surface area (Å²) >= 11 is 1.36. The van der Waals surface area contributed by atoms with Crippen molar-refractivity contribution in [3.8, 4) is 22.8 Å². The number of methoxy groups -OCH3 is 2. The summed E-state index contributed by atoms with van der Waals surface area (Å²) in [6.45, 7) is 6.30. The van der Waals surface area contributed by atoms with Crippen molar-refractivity contribution in [1.29, 1.82) is 0 Å². The fourth-order valence-corrected chi connectivity index (χ4v) is 4.05. The van der Waals surface area contributed by atoms with Gasteiger partial charge in [-0.25, -0.2) is 4.98 Å². The monoisotopic (exact) mass is 426 g/mol. The zero-order valence-corrected chi connectivity index (χ0v) is 18.7. The summed E-state index contributed by atoms with van der Waals surface area (Å²) in [5.74, 6) is 1.66. The van der Waals surface area contributed by atoms with E-state index in [2.05, 4.69) is 36.2 Å². The van der Waals surface area contributed by atoms with Crippen LogP contribution < -0.4 is 14.8 Å². The second-order valence-corrected chi connectivity index (χ2v) is 9.23. The second kappa shape index (κ2) is 7.75. The molecule has 1 N–H and O–H groups in total. The Bertz CT molecular complexity index is 1080. The van der Waals surface area contributed by atoms with Crippen LogP contribution in [-0.4, -0.2) is 34.9 Å². The van der Waals surface area contributed by atoms with Crippen LogP contribution in [0.1, 0.15) is 55.7 Å². The molecule has 8 heteroatoms. The number of rotatable bonds is 6. The van der Waals surface area contributed by atoms with Gasteiger partial charge in [0.05, 0.1) is 25.5 Å². The molecule has 2 heterocycles. The van der Waals surface area contributed by atoms with E-state index in [1.807, 2.05) is 34.3 Å². The molecule has 1 aliphatic rings. The van der Waals surface area contributed by atoms with Crippen LogP contribution in [-0.2, 0) is 5.54 Å². The van der Waals surface area contributed by atoms with Crippen molar-refractivity contribution in [3.05, 3.63) is 41.0 Å². The minimum absolute atomic E-state index is 0.173. The molecule has 0 radical (unpaired) electrons. The average Bonchev–Trinajstić information content (AvgIpc) is 3.28. The first-order valence-corrected chi connectivity index (χ1v) is 10.8. The zero-order valence-electron chi connectivity index (χ0n) is 17.9. The quantitative estimate of drug-likeness (QED) is 0.606. The number of amides is 1. The highest BCUT2D eigenvalue weighted by molar-refractivity contribution is 7.14. The van der Waals surface area contributed by atoms with Gasteiger partial charge in [0.25, 0.3) is 5.91 Å². The maximum absolute atomic E-state index is 12.9. The fourth-order valence-electron chi connectivity index (χ4n) is 3.34. The van der Waals surface area contributed by atoms with Crippen molar-refractivity contribution >= 4 is 22.4 Å².